The van der Waals surface area contributed by atoms with Crippen molar-refractivity contribution in [2.45, 2.75) is 0 Å². The van der Waals surface area contributed by atoms with Gasteiger partial charge in [-0.2, -0.15) is 0 Å². The molecule has 8 nitrogen and oxygen atoms in total. The van der Waals surface area contributed by atoms with E-state index in [1.54, 1.807) is 18.2 Å². The number of hydrogen-bond acceptors (Lipinski definition) is 6. The molecule has 3 aromatic rings. The number of pyridine rings is 1. The van der Waals surface area contributed by atoms with Gasteiger partial charge in [-0.15, -0.1) is 10.2 Å². The van der Waals surface area contributed by atoms with Gasteiger partial charge in [0, 0.05) is 37.9 Å². The smallest absolute Gasteiger partial charge is 0.254 e. The minimum atomic E-state index is 0.00838. The van der Waals surface area contributed by atoms with Crippen molar-refractivity contribution < 1.29 is 14.3 Å². The van der Waals surface area contributed by atoms with Crippen LogP contribution in [-0.2, 0) is 0 Å². The van der Waals surface area contributed by atoms with Gasteiger partial charge in [0.15, 0.2) is 17.1 Å². The summed E-state index contributed by atoms with van der Waals surface area (Å²) in [5.74, 6) is 2.14. The third-order valence-corrected chi connectivity index (χ3v) is 4.76. The molecule has 5 rings (SSSR count). The second kappa shape index (κ2) is 5.91. The Kier molecular flexibility index (Phi) is 3.41. The number of anilines is 1. The lowest BCUT2D eigenvalue weighted by atomic mass is 10.1. The molecule has 132 valence electrons. The third kappa shape index (κ3) is 2.42. The maximum Gasteiger partial charge on any atom is 0.254 e. The lowest BCUT2D eigenvalue weighted by molar-refractivity contribution is 0.0745. The summed E-state index contributed by atoms with van der Waals surface area (Å²) in [6, 6.07) is 11.1. The molecule has 1 fully saturated rings. The van der Waals surface area contributed by atoms with Crippen molar-refractivity contribution in [1.82, 2.24) is 19.5 Å². The fraction of sp³-hybridized carbons (Fsp3) is 0.278. The van der Waals surface area contributed by atoms with E-state index in [2.05, 4.69) is 15.1 Å². The van der Waals surface area contributed by atoms with Gasteiger partial charge >= 0.3 is 0 Å². The Morgan fingerprint density at radius 2 is 1.81 bits per heavy atom. The van der Waals surface area contributed by atoms with E-state index in [0.717, 1.165) is 11.6 Å². The first-order chi connectivity index (χ1) is 12.8. The third-order valence-electron chi connectivity index (χ3n) is 4.76. The molecule has 2 aliphatic rings. The largest absolute Gasteiger partial charge is 0.454 e. The molecule has 1 aromatic carbocycles. The maximum atomic E-state index is 12.8. The number of hydrogen-bond donors (Lipinski definition) is 0. The van der Waals surface area contributed by atoms with Crippen molar-refractivity contribution in [3.05, 3.63) is 48.2 Å². The van der Waals surface area contributed by atoms with Gasteiger partial charge < -0.3 is 19.3 Å². The van der Waals surface area contributed by atoms with E-state index in [1.165, 1.54) is 0 Å². The summed E-state index contributed by atoms with van der Waals surface area (Å²) >= 11 is 0. The number of benzene rings is 1. The highest BCUT2D eigenvalue weighted by Gasteiger charge is 2.26. The predicted octanol–water partition coefficient (Wildman–Crippen LogP) is 1.42. The highest BCUT2D eigenvalue weighted by molar-refractivity contribution is 5.95. The summed E-state index contributed by atoms with van der Waals surface area (Å²) in [5, 5.41) is 8.49. The van der Waals surface area contributed by atoms with E-state index < -0.39 is 0 Å². The van der Waals surface area contributed by atoms with Crippen LogP contribution in [0, 0.1) is 0 Å². The van der Waals surface area contributed by atoms with Crippen LogP contribution < -0.4 is 14.4 Å². The van der Waals surface area contributed by atoms with Crippen LogP contribution in [0.15, 0.2) is 42.6 Å². The second-order valence-electron chi connectivity index (χ2n) is 6.28. The molecule has 0 radical (unpaired) electrons. The summed E-state index contributed by atoms with van der Waals surface area (Å²) in [7, 11) is 0. The van der Waals surface area contributed by atoms with Crippen LogP contribution in [0.3, 0.4) is 0 Å². The minimum Gasteiger partial charge on any atom is -0.454 e. The molecule has 0 atom stereocenters. The Bertz CT molecular complexity index is 978. The molecule has 4 heterocycles. The summed E-state index contributed by atoms with van der Waals surface area (Å²) in [5.41, 5.74) is 1.44. The highest BCUT2D eigenvalue weighted by atomic mass is 16.7. The van der Waals surface area contributed by atoms with Crippen LogP contribution >= 0.6 is 0 Å². The first-order valence-electron chi connectivity index (χ1n) is 8.53. The lowest BCUT2D eigenvalue weighted by Gasteiger charge is -2.34. The Labute approximate surface area is 149 Å². The number of rotatable bonds is 2. The van der Waals surface area contributed by atoms with Gasteiger partial charge in [0.25, 0.3) is 5.91 Å². The molecule has 2 aliphatic heterocycles. The van der Waals surface area contributed by atoms with Crippen molar-refractivity contribution in [3.8, 4) is 11.5 Å². The number of aromatic nitrogens is 3. The molecule has 0 unspecified atom stereocenters. The van der Waals surface area contributed by atoms with E-state index in [0.29, 0.717) is 43.2 Å². The van der Waals surface area contributed by atoms with Gasteiger partial charge in [-0.1, -0.05) is 6.07 Å². The van der Waals surface area contributed by atoms with E-state index >= 15 is 0 Å². The normalized spacial score (nSPS) is 16.3. The standard InChI is InChI=1S/C18H17N5O3/c24-17(13-4-5-14-15(11-13)26-12-25-14)21-7-9-22(10-8-21)18-20-19-16-3-1-2-6-23(16)18/h1-6,11H,7-10,12H2. The molecule has 8 heteroatoms. The molecule has 0 bridgehead atoms. The number of nitrogens with zero attached hydrogens (tertiary/aromatic N) is 5. The Balaban J connectivity index is 1.30. The molecule has 0 spiro atoms. The molecule has 0 N–H and O–H groups in total. The zero-order valence-electron chi connectivity index (χ0n) is 14.0. The second-order valence-corrected chi connectivity index (χ2v) is 6.28. The topological polar surface area (TPSA) is 72.2 Å². The fourth-order valence-corrected chi connectivity index (χ4v) is 3.37. The van der Waals surface area contributed by atoms with Crippen molar-refractivity contribution in [2.75, 3.05) is 37.9 Å². The molecule has 2 aromatic heterocycles. The van der Waals surface area contributed by atoms with Crippen LogP contribution in [-0.4, -0.2) is 58.4 Å². The van der Waals surface area contributed by atoms with Crippen molar-refractivity contribution in [2.24, 2.45) is 0 Å². The van der Waals surface area contributed by atoms with Gasteiger partial charge in [-0.3, -0.25) is 9.20 Å². The Morgan fingerprint density at radius 1 is 0.962 bits per heavy atom. The number of piperazine rings is 1. The monoisotopic (exact) mass is 351 g/mol. The molecule has 1 amide bonds. The number of amides is 1. The number of ether oxygens (including phenoxy) is 2. The van der Waals surface area contributed by atoms with Gasteiger partial charge in [-0.05, 0) is 30.3 Å². The highest BCUT2D eigenvalue weighted by Crippen LogP contribution is 2.33. The molecule has 0 aliphatic carbocycles. The first kappa shape index (κ1) is 15.0. The summed E-state index contributed by atoms with van der Waals surface area (Å²) < 4.78 is 12.6. The summed E-state index contributed by atoms with van der Waals surface area (Å²) in [6.07, 6.45) is 1.95. The average Bonchev–Trinajstić information content (AvgIpc) is 3.34. The molecular formula is C18H17N5O3. The van der Waals surface area contributed by atoms with Gasteiger partial charge in [0.1, 0.15) is 0 Å². The van der Waals surface area contributed by atoms with Gasteiger partial charge in [0.2, 0.25) is 12.7 Å². The van der Waals surface area contributed by atoms with Crippen molar-refractivity contribution in [3.63, 3.8) is 0 Å². The van der Waals surface area contributed by atoms with Crippen LogP contribution in [0.25, 0.3) is 5.65 Å². The van der Waals surface area contributed by atoms with E-state index in [9.17, 15) is 4.79 Å². The van der Waals surface area contributed by atoms with E-state index in [-0.39, 0.29) is 12.7 Å². The molecular weight excluding hydrogens is 334 g/mol. The number of carbonyl (C=O) groups is 1. The lowest BCUT2D eigenvalue weighted by Crippen LogP contribution is -2.49. The Hall–Kier alpha value is -3.29. The van der Waals surface area contributed by atoms with Crippen LogP contribution in [0.2, 0.25) is 0 Å². The molecule has 0 saturated carbocycles. The zero-order valence-corrected chi connectivity index (χ0v) is 14.0. The van der Waals surface area contributed by atoms with Crippen molar-refractivity contribution in [1.29, 1.82) is 0 Å². The molecule has 1 saturated heterocycles. The first-order valence-corrected chi connectivity index (χ1v) is 8.53. The van der Waals surface area contributed by atoms with Crippen LogP contribution in [0.1, 0.15) is 10.4 Å². The summed E-state index contributed by atoms with van der Waals surface area (Å²) in [4.78, 5) is 16.8. The number of fused-ring (bicyclic) bond motifs is 2. The minimum absolute atomic E-state index is 0.00838. The van der Waals surface area contributed by atoms with E-state index in [1.807, 2.05) is 33.7 Å². The summed E-state index contributed by atoms with van der Waals surface area (Å²) in [6.45, 7) is 2.90. The van der Waals surface area contributed by atoms with Gasteiger partial charge in [-0.25, -0.2) is 0 Å². The van der Waals surface area contributed by atoms with E-state index in [4.69, 9.17) is 9.47 Å². The quantitative estimate of drug-likeness (QED) is 0.695. The predicted molar refractivity (Wildman–Crippen MR) is 93.7 cm³/mol. The SMILES string of the molecule is O=C(c1ccc2c(c1)OCO2)N1CCN(c2nnc3ccccn23)CC1. The maximum absolute atomic E-state index is 12.8. The zero-order chi connectivity index (χ0) is 17.5. The molecule has 26 heavy (non-hydrogen) atoms. The van der Waals surface area contributed by atoms with Crippen LogP contribution in [0.4, 0.5) is 5.95 Å². The number of carbonyl (C=O) groups excluding carboxylic acids is 1. The van der Waals surface area contributed by atoms with Gasteiger partial charge in [0.05, 0.1) is 0 Å². The fourth-order valence-electron chi connectivity index (χ4n) is 3.37. The van der Waals surface area contributed by atoms with Crippen LogP contribution in [0.5, 0.6) is 11.5 Å². The van der Waals surface area contributed by atoms with Crippen molar-refractivity contribution >= 4 is 17.5 Å². The average molecular weight is 351 g/mol. The Morgan fingerprint density at radius 3 is 2.69 bits per heavy atom.